The first kappa shape index (κ1) is 25.1. The third-order valence-corrected chi connectivity index (χ3v) is 9.29. The van der Waals surface area contributed by atoms with Crippen molar-refractivity contribution in [2.45, 2.75) is 109 Å². The molecule has 0 aromatic heterocycles. The number of nitrogens with zero attached hydrogens (tertiary/aromatic N) is 2. The predicted molar refractivity (Wildman–Crippen MR) is 142 cm³/mol. The minimum absolute atomic E-state index is 0.203. The van der Waals surface area contributed by atoms with E-state index in [1.165, 1.54) is 31.2 Å². The van der Waals surface area contributed by atoms with Crippen LogP contribution in [0.5, 0.6) is 5.75 Å². The van der Waals surface area contributed by atoms with Crippen LogP contribution in [0.25, 0.3) is 10.8 Å². The van der Waals surface area contributed by atoms with Gasteiger partial charge in [-0.25, -0.2) is 0 Å². The maximum absolute atomic E-state index is 11.7. The van der Waals surface area contributed by atoms with Crippen molar-refractivity contribution in [3.05, 3.63) is 41.5 Å². The zero-order valence-corrected chi connectivity index (χ0v) is 21.8. The quantitative estimate of drug-likeness (QED) is 0.445. The van der Waals surface area contributed by atoms with Crippen molar-refractivity contribution in [1.29, 1.82) is 5.26 Å². The molecule has 2 aliphatic heterocycles. The number of piperidine rings is 2. The number of hydrogen-bond donors (Lipinski definition) is 1. The summed E-state index contributed by atoms with van der Waals surface area (Å²) in [5.74, 6) is 0.691. The van der Waals surface area contributed by atoms with E-state index >= 15 is 0 Å². The number of carboxylic acids is 1. The van der Waals surface area contributed by atoms with E-state index in [0.717, 1.165) is 67.4 Å². The van der Waals surface area contributed by atoms with E-state index in [9.17, 15) is 15.2 Å². The Balaban J connectivity index is 1.39. The van der Waals surface area contributed by atoms with Crippen LogP contribution in [0.3, 0.4) is 0 Å². The third-order valence-electron chi connectivity index (χ3n) is 9.29. The van der Waals surface area contributed by atoms with Gasteiger partial charge in [0, 0.05) is 23.5 Å². The van der Waals surface area contributed by atoms with Gasteiger partial charge in [0.05, 0.1) is 12.0 Å². The van der Waals surface area contributed by atoms with Crippen LogP contribution < -0.4 is 4.74 Å². The van der Waals surface area contributed by atoms with Gasteiger partial charge in [0.2, 0.25) is 0 Å². The summed E-state index contributed by atoms with van der Waals surface area (Å²) in [4.78, 5) is 14.4. The van der Waals surface area contributed by atoms with Gasteiger partial charge in [-0.3, -0.25) is 9.69 Å². The largest absolute Gasteiger partial charge is 0.489 e. The molecule has 1 aliphatic carbocycles. The number of fused-ring (bicyclic) bond motifs is 3. The lowest BCUT2D eigenvalue weighted by atomic mass is 9.76. The van der Waals surface area contributed by atoms with Crippen molar-refractivity contribution in [2.24, 2.45) is 11.8 Å². The topological polar surface area (TPSA) is 73.6 Å². The van der Waals surface area contributed by atoms with E-state index in [1.54, 1.807) is 0 Å². The number of rotatable bonds is 7. The van der Waals surface area contributed by atoms with Crippen LogP contribution in [0.2, 0.25) is 0 Å². The average molecular weight is 489 g/mol. The Labute approximate surface area is 215 Å². The second-order valence-corrected chi connectivity index (χ2v) is 11.3. The number of benzene rings is 2. The maximum Gasteiger partial charge on any atom is 0.306 e. The number of nitriles is 1. The third kappa shape index (κ3) is 4.85. The SMILES string of the molecule is CCC1CCC(Oc2ccc3cc(C(CC)N4C5CCCC4CC(C(=O)O)C5)ccc3c2C#N)CC1. The van der Waals surface area contributed by atoms with Gasteiger partial charge >= 0.3 is 5.97 Å². The van der Waals surface area contributed by atoms with E-state index in [4.69, 9.17) is 4.74 Å². The molecule has 36 heavy (non-hydrogen) atoms. The Kier molecular flexibility index (Phi) is 7.53. The molecular formula is C31H40N2O3. The van der Waals surface area contributed by atoms with Gasteiger partial charge < -0.3 is 9.84 Å². The van der Waals surface area contributed by atoms with E-state index < -0.39 is 5.97 Å². The molecular weight excluding hydrogens is 448 g/mol. The number of aliphatic carboxylic acids is 1. The lowest BCUT2D eigenvalue weighted by Crippen LogP contribution is -2.54. The molecule has 1 saturated carbocycles. The summed E-state index contributed by atoms with van der Waals surface area (Å²) in [6, 6.07) is 14.0. The molecule has 3 unspecified atom stereocenters. The summed E-state index contributed by atoms with van der Waals surface area (Å²) in [7, 11) is 0. The first-order chi connectivity index (χ1) is 17.5. The van der Waals surface area contributed by atoms with Gasteiger partial charge in [-0.2, -0.15) is 5.26 Å². The van der Waals surface area contributed by atoms with Crippen LogP contribution in [0.15, 0.2) is 30.3 Å². The van der Waals surface area contributed by atoms with E-state index in [0.29, 0.717) is 17.6 Å². The molecule has 192 valence electrons. The molecule has 3 fully saturated rings. The van der Waals surface area contributed by atoms with E-state index in [2.05, 4.69) is 49.1 Å². The molecule has 5 nitrogen and oxygen atoms in total. The van der Waals surface area contributed by atoms with Gasteiger partial charge in [0.1, 0.15) is 17.4 Å². The van der Waals surface area contributed by atoms with Crippen molar-refractivity contribution in [3.8, 4) is 11.8 Å². The van der Waals surface area contributed by atoms with Crippen LogP contribution in [0.1, 0.15) is 102 Å². The molecule has 0 amide bonds. The first-order valence-electron chi connectivity index (χ1n) is 14.2. The molecule has 2 bridgehead atoms. The lowest BCUT2D eigenvalue weighted by molar-refractivity contribution is -0.147. The second-order valence-electron chi connectivity index (χ2n) is 11.3. The minimum atomic E-state index is -0.634. The Hall–Kier alpha value is -2.58. The van der Waals surface area contributed by atoms with Crippen molar-refractivity contribution in [2.75, 3.05) is 0 Å². The molecule has 2 aromatic carbocycles. The fraction of sp³-hybridized carbons (Fsp3) is 0.613. The van der Waals surface area contributed by atoms with E-state index in [1.807, 2.05) is 6.07 Å². The molecule has 2 aromatic rings. The Bertz CT molecular complexity index is 1120. The highest BCUT2D eigenvalue weighted by Gasteiger charge is 2.43. The summed E-state index contributed by atoms with van der Waals surface area (Å²) in [5, 5.41) is 21.7. The van der Waals surface area contributed by atoms with Crippen molar-refractivity contribution >= 4 is 16.7 Å². The number of hydrogen-bond acceptors (Lipinski definition) is 4. The second kappa shape index (κ2) is 10.8. The van der Waals surface area contributed by atoms with Gasteiger partial charge in [-0.05, 0) is 86.8 Å². The molecule has 5 rings (SSSR count). The van der Waals surface area contributed by atoms with Crippen LogP contribution in [0.4, 0.5) is 0 Å². The zero-order valence-electron chi connectivity index (χ0n) is 21.8. The average Bonchev–Trinajstić information content (AvgIpc) is 2.89. The van der Waals surface area contributed by atoms with Crippen molar-refractivity contribution in [1.82, 2.24) is 4.90 Å². The molecule has 1 N–H and O–H groups in total. The molecule has 0 radical (unpaired) electrons. The van der Waals surface area contributed by atoms with Crippen LogP contribution in [-0.2, 0) is 4.79 Å². The van der Waals surface area contributed by atoms with Crippen molar-refractivity contribution in [3.63, 3.8) is 0 Å². The summed E-state index contributed by atoms with van der Waals surface area (Å²) >= 11 is 0. The number of carbonyl (C=O) groups is 1. The number of ether oxygens (including phenoxy) is 1. The van der Waals surface area contributed by atoms with Crippen molar-refractivity contribution < 1.29 is 14.6 Å². The fourth-order valence-electron chi connectivity index (χ4n) is 7.33. The lowest BCUT2D eigenvalue weighted by Gasteiger charge is -2.51. The minimum Gasteiger partial charge on any atom is -0.489 e. The summed E-state index contributed by atoms with van der Waals surface area (Å²) < 4.78 is 6.37. The predicted octanol–water partition coefficient (Wildman–Crippen LogP) is 7.23. The van der Waals surface area contributed by atoms with Crippen LogP contribution >= 0.6 is 0 Å². The standard InChI is InChI=1S/C31H40N2O3/c1-3-20-8-12-26(13-9-20)36-30-15-11-21-16-22(10-14-27(21)28(30)19-32)29(4-2)33-24-6-5-7-25(33)18-23(17-24)31(34)35/h10-11,14-16,20,23-26,29H,3-9,12-13,17-18H2,1-2H3,(H,34,35). The molecule has 3 atom stereocenters. The Morgan fingerprint density at radius 3 is 2.42 bits per heavy atom. The maximum atomic E-state index is 11.7. The van der Waals surface area contributed by atoms with Crippen LogP contribution in [-0.4, -0.2) is 34.2 Å². The summed E-state index contributed by atoms with van der Waals surface area (Å²) in [6.45, 7) is 4.50. The molecule has 0 spiro atoms. The summed E-state index contributed by atoms with van der Waals surface area (Å²) in [6.07, 6.45) is 11.9. The summed E-state index contributed by atoms with van der Waals surface area (Å²) in [5.41, 5.74) is 1.91. The van der Waals surface area contributed by atoms with Gasteiger partial charge in [0.15, 0.2) is 0 Å². The first-order valence-corrected chi connectivity index (χ1v) is 14.2. The monoisotopic (exact) mass is 488 g/mol. The molecule has 2 heterocycles. The van der Waals surface area contributed by atoms with Gasteiger partial charge in [-0.1, -0.05) is 44.9 Å². The fourth-order valence-corrected chi connectivity index (χ4v) is 7.33. The normalized spacial score (nSPS) is 29.4. The Morgan fingerprint density at radius 1 is 1.08 bits per heavy atom. The molecule has 3 aliphatic rings. The van der Waals surface area contributed by atoms with Gasteiger partial charge in [-0.15, -0.1) is 0 Å². The highest BCUT2D eigenvalue weighted by molar-refractivity contribution is 5.90. The highest BCUT2D eigenvalue weighted by Crippen LogP contribution is 2.44. The molecule has 5 heteroatoms. The van der Waals surface area contributed by atoms with Gasteiger partial charge in [0.25, 0.3) is 0 Å². The number of carboxylic acid groups (broad SMARTS) is 1. The smallest absolute Gasteiger partial charge is 0.306 e. The highest BCUT2D eigenvalue weighted by atomic mass is 16.5. The zero-order chi connectivity index (χ0) is 25.2. The van der Waals surface area contributed by atoms with Crippen LogP contribution in [0, 0.1) is 23.2 Å². The van der Waals surface area contributed by atoms with E-state index in [-0.39, 0.29) is 18.1 Å². The Morgan fingerprint density at radius 2 is 1.81 bits per heavy atom. The molecule has 2 saturated heterocycles.